The van der Waals surface area contributed by atoms with Crippen LogP contribution in [0.5, 0.6) is 11.5 Å². The average Bonchev–Trinajstić information content (AvgIpc) is 2.96. The lowest BCUT2D eigenvalue weighted by atomic mass is 10.1. The Kier molecular flexibility index (Phi) is 8.07. The molecule has 0 radical (unpaired) electrons. The SMILES string of the molecule is Cc1ccc(COc2ccccc2/C=C2\C(=O)NC(=O)N(c3ccc(OCc4ccc(Br)cc4)cc3)C2=O)cc1. The fraction of sp³-hybridized carbons (Fsp3) is 0.0938. The van der Waals surface area contributed by atoms with E-state index in [0.29, 0.717) is 36.0 Å². The van der Waals surface area contributed by atoms with Gasteiger partial charge in [-0.25, -0.2) is 9.69 Å². The maximum absolute atomic E-state index is 13.4. The predicted molar refractivity (Wildman–Crippen MR) is 156 cm³/mol. The summed E-state index contributed by atoms with van der Waals surface area (Å²) in [4.78, 5) is 39.7. The first-order valence-electron chi connectivity index (χ1n) is 12.5. The summed E-state index contributed by atoms with van der Waals surface area (Å²) in [6.45, 7) is 2.70. The van der Waals surface area contributed by atoms with Crippen molar-refractivity contribution in [1.29, 1.82) is 0 Å². The highest BCUT2D eigenvalue weighted by Gasteiger charge is 2.37. The van der Waals surface area contributed by atoms with Crippen molar-refractivity contribution in [2.24, 2.45) is 0 Å². The summed E-state index contributed by atoms with van der Waals surface area (Å²) >= 11 is 3.41. The minimum absolute atomic E-state index is 0.179. The molecule has 0 bridgehead atoms. The number of barbiturate groups is 1. The molecule has 0 aliphatic carbocycles. The van der Waals surface area contributed by atoms with E-state index in [4.69, 9.17) is 9.47 Å². The van der Waals surface area contributed by atoms with E-state index in [0.717, 1.165) is 26.1 Å². The minimum atomic E-state index is -0.820. The highest BCUT2D eigenvalue weighted by molar-refractivity contribution is 9.10. The Morgan fingerprint density at radius 3 is 2.10 bits per heavy atom. The van der Waals surface area contributed by atoms with Crippen molar-refractivity contribution < 1.29 is 23.9 Å². The molecule has 40 heavy (non-hydrogen) atoms. The van der Waals surface area contributed by atoms with Gasteiger partial charge < -0.3 is 9.47 Å². The number of hydrogen-bond donors (Lipinski definition) is 1. The molecule has 1 N–H and O–H groups in total. The van der Waals surface area contributed by atoms with Crippen LogP contribution in [0, 0.1) is 6.92 Å². The van der Waals surface area contributed by atoms with Crippen LogP contribution >= 0.6 is 15.9 Å². The molecule has 200 valence electrons. The van der Waals surface area contributed by atoms with E-state index in [1.165, 1.54) is 6.08 Å². The normalized spacial score (nSPS) is 14.3. The van der Waals surface area contributed by atoms with Gasteiger partial charge in [-0.1, -0.05) is 76.1 Å². The van der Waals surface area contributed by atoms with Crippen LogP contribution in [0.2, 0.25) is 0 Å². The van der Waals surface area contributed by atoms with Crippen LogP contribution in [0.25, 0.3) is 6.08 Å². The van der Waals surface area contributed by atoms with E-state index in [1.807, 2.05) is 61.5 Å². The van der Waals surface area contributed by atoms with Crippen molar-refractivity contribution in [3.8, 4) is 11.5 Å². The van der Waals surface area contributed by atoms with Crippen LogP contribution < -0.4 is 19.7 Å². The fourth-order valence-corrected chi connectivity index (χ4v) is 4.33. The summed E-state index contributed by atoms with van der Waals surface area (Å²) in [6, 6.07) is 28.6. The first-order chi connectivity index (χ1) is 19.4. The molecule has 4 aromatic rings. The smallest absolute Gasteiger partial charge is 0.335 e. The van der Waals surface area contributed by atoms with Crippen LogP contribution in [-0.2, 0) is 22.8 Å². The van der Waals surface area contributed by atoms with Gasteiger partial charge >= 0.3 is 6.03 Å². The Balaban J connectivity index is 1.32. The number of aryl methyl sites for hydroxylation is 1. The molecule has 4 aromatic carbocycles. The lowest BCUT2D eigenvalue weighted by Crippen LogP contribution is -2.54. The second-order valence-corrected chi connectivity index (χ2v) is 10.1. The second kappa shape index (κ2) is 12.0. The molecular weight excluding hydrogens is 572 g/mol. The highest BCUT2D eigenvalue weighted by atomic mass is 79.9. The molecule has 0 atom stereocenters. The number of nitrogens with one attached hydrogen (secondary N) is 1. The summed E-state index contributed by atoms with van der Waals surface area (Å²) in [5, 5.41) is 2.26. The Labute approximate surface area is 240 Å². The molecule has 1 fully saturated rings. The number of anilines is 1. The second-order valence-electron chi connectivity index (χ2n) is 9.18. The van der Waals surface area contributed by atoms with Crippen molar-refractivity contribution in [3.05, 3.63) is 129 Å². The molecular formula is C32H25BrN2O5. The maximum Gasteiger partial charge on any atom is 0.335 e. The average molecular weight is 597 g/mol. The third-order valence-corrected chi connectivity index (χ3v) is 6.78. The van der Waals surface area contributed by atoms with Gasteiger partial charge in [0.25, 0.3) is 11.8 Å². The van der Waals surface area contributed by atoms with Gasteiger partial charge in [-0.15, -0.1) is 0 Å². The molecule has 7 nitrogen and oxygen atoms in total. The zero-order valence-electron chi connectivity index (χ0n) is 21.6. The van der Waals surface area contributed by atoms with E-state index in [9.17, 15) is 14.4 Å². The molecule has 1 saturated heterocycles. The summed E-state index contributed by atoms with van der Waals surface area (Å²) in [5.41, 5.74) is 3.80. The molecule has 1 aliphatic heterocycles. The lowest BCUT2D eigenvalue weighted by molar-refractivity contribution is -0.122. The quantitative estimate of drug-likeness (QED) is 0.183. The third kappa shape index (κ3) is 6.30. The maximum atomic E-state index is 13.4. The number of para-hydroxylation sites is 1. The number of carbonyl (C=O) groups is 3. The number of hydrogen-bond acceptors (Lipinski definition) is 5. The summed E-state index contributed by atoms with van der Waals surface area (Å²) < 4.78 is 12.8. The van der Waals surface area contributed by atoms with E-state index in [-0.39, 0.29) is 5.57 Å². The molecule has 1 aliphatic rings. The molecule has 0 spiro atoms. The Morgan fingerprint density at radius 1 is 0.775 bits per heavy atom. The van der Waals surface area contributed by atoms with Crippen molar-refractivity contribution in [3.63, 3.8) is 0 Å². The molecule has 5 rings (SSSR count). The number of rotatable bonds is 8. The van der Waals surface area contributed by atoms with Gasteiger partial charge in [0.05, 0.1) is 5.69 Å². The van der Waals surface area contributed by atoms with Gasteiger partial charge in [0.2, 0.25) is 0 Å². The monoisotopic (exact) mass is 596 g/mol. The van der Waals surface area contributed by atoms with E-state index in [2.05, 4.69) is 21.2 Å². The zero-order valence-corrected chi connectivity index (χ0v) is 23.2. The summed E-state index contributed by atoms with van der Waals surface area (Å²) in [5.74, 6) is -0.422. The Morgan fingerprint density at radius 2 is 1.40 bits per heavy atom. The molecule has 0 unspecified atom stereocenters. The van der Waals surface area contributed by atoms with Gasteiger partial charge in [-0.3, -0.25) is 14.9 Å². The van der Waals surface area contributed by atoms with Gasteiger partial charge in [0.15, 0.2) is 0 Å². The summed E-state index contributed by atoms with van der Waals surface area (Å²) in [7, 11) is 0. The third-order valence-electron chi connectivity index (χ3n) is 6.25. The van der Waals surface area contributed by atoms with Gasteiger partial charge in [-0.05, 0) is 66.6 Å². The van der Waals surface area contributed by atoms with Crippen LogP contribution in [0.3, 0.4) is 0 Å². The van der Waals surface area contributed by atoms with Crippen molar-refractivity contribution >= 4 is 45.5 Å². The van der Waals surface area contributed by atoms with Crippen LogP contribution in [0.4, 0.5) is 10.5 Å². The molecule has 0 aromatic heterocycles. The van der Waals surface area contributed by atoms with Gasteiger partial charge in [0, 0.05) is 10.0 Å². The van der Waals surface area contributed by atoms with E-state index in [1.54, 1.807) is 42.5 Å². The largest absolute Gasteiger partial charge is 0.489 e. The van der Waals surface area contributed by atoms with Crippen molar-refractivity contribution in [2.45, 2.75) is 20.1 Å². The number of amides is 4. The summed E-state index contributed by atoms with van der Waals surface area (Å²) in [6.07, 6.45) is 1.44. The number of nitrogens with zero attached hydrogens (tertiary/aromatic N) is 1. The zero-order chi connectivity index (χ0) is 28.1. The minimum Gasteiger partial charge on any atom is -0.489 e. The van der Waals surface area contributed by atoms with E-state index >= 15 is 0 Å². The molecule has 1 heterocycles. The Hall–Kier alpha value is -4.69. The van der Waals surface area contributed by atoms with Crippen LogP contribution in [-0.4, -0.2) is 17.8 Å². The van der Waals surface area contributed by atoms with Crippen molar-refractivity contribution in [2.75, 3.05) is 4.90 Å². The number of imide groups is 2. The lowest BCUT2D eigenvalue weighted by Gasteiger charge is -2.26. The molecule has 0 saturated carbocycles. The van der Waals surface area contributed by atoms with Crippen LogP contribution in [0.1, 0.15) is 22.3 Å². The topological polar surface area (TPSA) is 84.9 Å². The van der Waals surface area contributed by atoms with Crippen LogP contribution in [0.15, 0.2) is 107 Å². The van der Waals surface area contributed by atoms with E-state index < -0.39 is 17.8 Å². The Bertz CT molecular complexity index is 1580. The van der Waals surface area contributed by atoms with Gasteiger partial charge in [0.1, 0.15) is 30.3 Å². The predicted octanol–water partition coefficient (Wildman–Crippen LogP) is 6.58. The number of halogens is 1. The number of ether oxygens (including phenoxy) is 2. The molecule has 8 heteroatoms. The number of urea groups is 1. The highest BCUT2D eigenvalue weighted by Crippen LogP contribution is 2.27. The van der Waals surface area contributed by atoms with Crippen molar-refractivity contribution in [1.82, 2.24) is 5.32 Å². The standard InChI is InChI=1S/C32H25BrN2O5/c1-21-6-8-22(9-7-21)20-40-29-5-3-2-4-24(29)18-28-30(36)34-32(38)35(31(28)37)26-14-16-27(17-15-26)39-19-23-10-12-25(33)13-11-23/h2-18H,19-20H2,1H3,(H,34,36,38)/b28-18+. The molecule has 4 amide bonds. The fourth-order valence-electron chi connectivity index (χ4n) is 4.06. The van der Waals surface area contributed by atoms with Gasteiger partial charge in [-0.2, -0.15) is 0 Å². The first kappa shape index (κ1) is 26.9. The first-order valence-corrected chi connectivity index (χ1v) is 13.3. The number of carbonyl (C=O) groups excluding carboxylic acids is 3. The number of benzene rings is 4.